The van der Waals surface area contributed by atoms with Crippen molar-refractivity contribution in [2.24, 2.45) is 17.8 Å². The van der Waals surface area contributed by atoms with Gasteiger partial charge in [-0.15, -0.1) is 0 Å². The summed E-state index contributed by atoms with van der Waals surface area (Å²) in [5.74, 6) is 2.34. The molecule has 2 heteroatoms. The summed E-state index contributed by atoms with van der Waals surface area (Å²) in [6.45, 7) is 4.48. The van der Waals surface area contributed by atoms with Gasteiger partial charge in [0.1, 0.15) is 6.10 Å². The SMILES string of the molecule is CC(CCCC(=O)OC(C)C1CCCCC1)C1CCCCC1. The van der Waals surface area contributed by atoms with Crippen molar-refractivity contribution >= 4 is 5.97 Å². The molecule has 128 valence electrons. The molecule has 0 aliphatic heterocycles. The summed E-state index contributed by atoms with van der Waals surface area (Å²) in [5.41, 5.74) is 0. The maximum Gasteiger partial charge on any atom is 0.306 e. The van der Waals surface area contributed by atoms with E-state index in [1.807, 2.05) is 0 Å². The minimum Gasteiger partial charge on any atom is -0.462 e. The van der Waals surface area contributed by atoms with Crippen LogP contribution in [-0.4, -0.2) is 12.1 Å². The molecule has 2 aliphatic carbocycles. The summed E-state index contributed by atoms with van der Waals surface area (Å²) in [6, 6.07) is 0. The van der Waals surface area contributed by atoms with Gasteiger partial charge in [-0.05, 0) is 50.4 Å². The molecule has 2 atom stereocenters. The first-order chi connectivity index (χ1) is 10.7. The highest BCUT2D eigenvalue weighted by molar-refractivity contribution is 5.69. The lowest BCUT2D eigenvalue weighted by molar-refractivity contribution is -0.151. The van der Waals surface area contributed by atoms with Crippen LogP contribution in [-0.2, 0) is 9.53 Å². The van der Waals surface area contributed by atoms with Crippen molar-refractivity contribution in [2.45, 2.75) is 103 Å². The minimum atomic E-state index is 0.0360. The van der Waals surface area contributed by atoms with Crippen molar-refractivity contribution < 1.29 is 9.53 Å². The first-order valence-electron chi connectivity index (χ1n) is 9.86. The second-order valence-electron chi connectivity index (χ2n) is 7.86. The average molecular weight is 309 g/mol. The molecule has 0 bridgehead atoms. The summed E-state index contributed by atoms with van der Waals surface area (Å²) >= 11 is 0. The van der Waals surface area contributed by atoms with Gasteiger partial charge in [-0.3, -0.25) is 4.79 Å². The molecule has 0 amide bonds. The molecule has 2 fully saturated rings. The molecule has 0 N–H and O–H groups in total. The van der Waals surface area contributed by atoms with Gasteiger partial charge < -0.3 is 4.74 Å². The maximum absolute atomic E-state index is 12.0. The zero-order chi connectivity index (χ0) is 15.8. The van der Waals surface area contributed by atoms with Gasteiger partial charge in [-0.25, -0.2) is 0 Å². The summed E-state index contributed by atoms with van der Waals surface area (Å²) in [4.78, 5) is 12.0. The van der Waals surface area contributed by atoms with Crippen molar-refractivity contribution in [3.63, 3.8) is 0 Å². The zero-order valence-electron chi connectivity index (χ0n) is 14.8. The Hall–Kier alpha value is -0.530. The summed E-state index contributed by atoms with van der Waals surface area (Å²) in [5, 5.41) is 0. The van der Waals surface area contributed by atoms with Gasteiger partial charge in [0.15, 0.2) is 0 Å². The van der Waals surface area contributed by atoms with Gasteiger partial charge in [0.25, 0.3) is 0 Å². The number of esters is 1. The van der Waals surface area contributed by atoms with Gasteiger partial charge in [0.05, 0.1) is 0 Å². The second-order valence-corrected chi connectivity index (χ2v) is 7.86. The molecule has 0 spiro atoms. The van der Waals surface area contributed by atoms with Crippen molar-refractivity contribution in [3.8, 4) is 0 Å². The lowest BCUT2D eigenvalue weighted by atomic mass is 9.79. The molecule has 0 saturated heterocycles. The van der Waals surface area contributed by atoms with Crippen LogP contribution < -0.4 is 0 Å². The highest BCUT2D eigenvalue weighted by Gasteiger charge is 2.23. The Kier molecular flexibility index (Phi) is 7.75. The van der Waals surface area contributed by atoms with Crippen LogP contribution in [0.25, 0.3) is 0 Å². The quantitative estimate of drug-likeness (QED) is 0.548. The predicted molar refractivity (Wildman–Crippen MR) is 91.7 cm³/mol. The third-order valence-corrected chi connectivity index (χ3v) is 6.13. The van der Waals surface area contributed by atoms with Gasteiger partial charge in [0, 0.05) is 6.42 Å². The van der Waals surface area contributed by atoms with Crippen LogP contribution in [0.5, 0.6) is 0 Å². The first kappa shape index (κ1) is 17.8. The van der Waals surface area contributed by atoms with Gasteiger partial charge in [-0.2, -0.15) is 0 Å². The largest absolute Gasteiger partial charge is 0.462 e. The molecular weight excluding hydrogens is 272 g/mol. The molecule has 0 aromatic carbocycles. The average Bonchev–Trinajstić information content (AvgIpc) is 2.56. The van der Waals surface area contributed by atoms with E-state index in [-0.39, 0.29) is 12.1 Å². The molecule has 0 aromatic rings. The van der Waals surface area contributed by atoms with Crippen LogP contribution in [0.15, 0.2) is 0 Å². The Morgan fingerprint density at radius 3 is 2.05 bits per heavy atom. The molecule has 0 heterocycles. The van der Waals surface area contributed by atoms with Gasteiger partial charge in [0.2, 0.25) is 0 Å². The summed E-state index contributed by atoms with van der Waals surface area (Å²) < 4.78 is 5.68. The normalized spacial score (nSPS) is 23.9. The van der Waals surface area contributed by atoms with Crippen LogP contribution >= 0.6 is 0 Å². The number of hydrogen-bond donors (Lipinski definition) is 0. The molecule has 0 radical (unpaired) electrons. The van der Waals surface area contributed by atoms with Gasteiger partial charge in [-0.1, -0.05) is 58.3 Å². The zero-order valence-corrected chi connectivity index (χ0v) is 14.8. The van der Waals surface area contributed by atoms with Crippen molar-refractivity contribution in [2.75, 3.05) is 0 Å². The van der Waals surface area contributed by atoms with Crippen molar-refractivity contribution in [1.82, 2.24) is 0 Å². The van der Waals surface area contributed by atoms with E-state index < -0.39 is 0 Å². The standard InChI is InChI=1S/C20H36O2/c1-16(18-11-5-3-6-12-18)10-9-15-20(21)22-17(2)19-13-7-4-8-14-19/h16-19H,3-15H2,1-2H3. The molecule has 2 unspecified atom stereocenters. The third-order valence-electron chi connectivity index (χ3n) is 6.13. The summed E-state index contributed by atoms with van der Waals surface area (Å²) in [7, 11) is 0. The predicted octanol–water partition coefficient (Wildman–Crippen LogP) is 5.89. The Bertz CT molecular complexity index is 314. The molecule has 2 nitrogen and oxygen atoms in total. The highest BCUT2D eigenvalue weighted by atomic mass is 16.5. The minimum absolute atomic E-state index is 0.0360. The second kappa shape index (κ2) is 9.57. The van der Waals surface area contributed by atoms with Crippen LogP contribution in [0.1, 0.15) is 97.3 Å². The van der Waals surface area contributed by atoms with Crippen LogP contribution in [0, 0.1) is 17.8 Å². The molecule has 2 saturated carbocycles. The van der Waals surface area contributed by atoms with E-state index in [0.29, 0.717) is 12.3 Å². The fourth-order valence-corrected chi connectivity index (χ4v) is 4.47. The smallest absolute Gasteiger partial charge is 0.306 e. The third kappa shape index (κ3) is 5.93. The molecule has 2 aliphatic rings. The fraction of sp³-hybridized carbons (Fsp3) is 0.950. The summed E-state index contributed by atoms with van der Waals surface area (Å²) in [6.07, 6.45) is 16.5. The Labute approximate surface area is 137 Å². The lowest BCUT2D eigenvalue weighted by Gasteiger charge is -2.28. The van der Waals surface area contributed by atoms with E-state index >= 15 is 0 Å². The van der Waals surface area contributed by atoms with E-state index in [0.717, 1.165) is 18.3 Å². The number of carbonyl (C=O) groups excluding carboxylic acids is 1. The Balaban J connectivity index is 1.58. The molecule has 22 heavy (non-hydrogen) atoms. The van der Waals surface area contributed by atoms with Crippen molar-refractivity contribution in [1.29, 1.82) is 0 Å². The number of carbonyl (C=O) groups is 1. The topological polar surface area (TPSA) is 26.3 Å². The van der Waals surface area contributed by atoms with E-state index in [9.17, 15) is 4.79 Å². The Morgan fingerprint density at radius 2 is 1.45 bits per heavy atom. The molecule has 2 rings (SSSR count). The number of hydrogen-bond acceptors (Lipinski definition) is 2. The van der Waals surface area contributed by atoms with Crippen molar-refractivity contribution in [3.05, 3.63) is 0 Å². The Morgan fingerprint density at radius 1 is 0.909 bits per heavy atom. The van der Waals surface area contributed by atoms with E-state index in [2.05, 4.69) is 13.8 Å². The molecular formula is C20H36O2. The number of rotatable bonds is 7. The number of ether oxygens (including phenoxy) is 1. The fourth-order valence-electron chi connectivity index (χ4n) is 4.47. The highest BCUT2D eigenvalue weighted by Crippen LogP contribution is 2.32. The lowest BCUT2D eigenvalue weighted by Crippen LogP contribution is -2.26. The first-order valence-corrected chi connectivity index (χ1v) is 9.86. The van der Waals surface area contributed by atoms with Crippen LogP contribution in [0.2, 0.25) is 0 Å². The molecule has 0 aromatic heterocycles. The van der Waals surface area contributed by atoms with Crippen LogP contribution in [0.3, 0.4) is 0 Å². The van der Waals surface area contributed by atoms with Gasteiger partial charge >= 0.3 is 5.97 Å². The monoisotopic (exact) mass is 308 g/mol. The maximum atomic E-state index is 12.0. The van der Waals surface area contributed by atoms with E-state index in [1.165, 1.54) is 70.6 Å². The van der Waals surface area contributed by atoms with Crippen LogP contribution in [0.4, 0.5) is 0 Å². The van der Waals surface area contributed by atoms with E-state index in [1.54, 1.807) is 0 Å². The van der Waals surface area contributed by atoms with E-state index in [4.69, 9.17) is 4.74 Å².